The highest BCUT2D eigenvalue weighted by Gasteiger charge is 2.48. The number of rotatable bonds is 6. The number of amides is 3. The molecule has 1 aliphatic heterocycles. The van der Waals surface area contributed by atoms with Crippen LogP contribution in [0.5, 0.6) is 11.5 Å². The molecule has 0 spiro atoms. The van der Waals surface area contributed by atoms with Gasteiger partial charge < -0.3 is 14.8 Å². The molecule has 0 bridgehead atoms. The number of alkyl halides is 2. The predicted octanol–water partition coefficient (Wildman–Crippen LogP) is 3.92. The van der Waals surface area contributed by atoms with Gasteiger partial charge in [-0.1, -0.05) is 29.8 Å². The van der Waals surface area contributed by atoms with Crippen molar-refractivity contribution < 1.29 is 27.8 Å². The molecular formula is C19H17ClF2N2O4. The highest BCUT2D eigenvalue weighted by atomic mass is 35.5. The standard InChI is InChI=1S/C19H17ClF2N2O4/c1-19(12-4-6-13(20)7-5-12)16(25)24(18(26)23-19)10-11-3-8-14(28-17(21)22)15(9-11)27-2/h3-9,17H,10H2,1-2H3,(H,23,26)/t19-/m1/s1. The van der Waals surface area contributed by atoms with Crippen molar-refractivity contribution in [3.8, 4) is 11.5 Å². The van der Waals surface area contributed by atoms with Crippen molar-refractivity contribution >= 4 is 23.5 Å². The van der Waals surface area contributed by atoms with Gasteiger partial charge in [0.2, 0.25) is 0 Å². The van der Waals surface area contributed by atoms with E-state index in [2.05, 4.69) is 10.1 Å². The lowest BCUT2D eigenvalue weighted by molar-refractivity contribution is -0.131. The molecule has 28 heavy (non-hydrogen) atoms. The molecular weight excluding hydrogens is 394 g/mol. The normalized spacial score (nSPS) is 19.1. The highest BCUT2D eigenvalue weighted by Crippen LogP contribution is 2.33. The summed E-state index contributed by atoms with van der Waals surface area (Å²) in [7, 11) is 1.31. The van der Waals surface area contributed by atoms with Crippen LogP contribution in [0, 0.1) is 0 Å². The van der Waals surface area contributed by atoms with E-state index in [-0.39, 0.29) is 18.0 Å². The number of nitrogens with one attached hydrogen (secondary N) is 1. The average Bonchev–Trinajstić information content (AvgIpc) is 2.87. The van der Waals surface area contributed by atoms with E-state index < -0.39 is 24.1 Å². The van der Waals surface area contributed by atoms with E-state index >= 15 is 0 Å². The molecule has 0 unspecified atom stereocenters. The molecule has 3 rings (SSSR count). The van der Waals surface area contributed by atoms with E-state index in [1.165, 1.54) is 25.3 Å². The van der Waals surface area contributed by atoms with Crippen LogP contribution in [0.1, 0.15) is 18.1 Å². The van der Waals surface area contributed by atoms with Gasteiger partial charge in [-0.15, -0.1) is 0 Å². The molecule has 2 aromatic carbocycles. The van der Waals surface area contributed by atoms with Crippen molar-refractivity contribution in [1.29, 1.82) is 0 Å². The molecule has 1 saturated heterocycles. The number of nitrogens with zero attached hydrogens (tertiary/aromatic N) is 1. The van der Waals surface area contributed by atoms with E-state index in [1.807, 2.05) is 0 Å². The van der Waals surface area contributed by atoms with E-state index in [1.54, 1.807) is 31.2 Å². The van der Waals surface area contributed by atoms with Crippen molar-refractivity contribution in [2.45, 2.75) is 25.6 Å². The minimum Gasteiger partial charge on any atom is -0.493 e. The molecule has 9 heteroatoms. The molecule has 148 valence electrons. The van der Waals surface area contributed by atoms with Crippen LogP contribution in [0.15, 0.2) is 42.5 Å². The van der Waals surface area contributed by atoms with Crippen LogP contribution in [0.25, 0.3) is 0 Å². The zero-order chi connectivity index (χ0) is 20.5. The fourth-order valence-corrected chi connectivity index (χ4v) is 3.13. The molecule has 0 aliphatic carbocycles. The number of hydrogen-bond donors (Lipinski definition) is 1. The van der Waals surface area contributed by atoms with Gasteiger partial charge in [0, 0.05) is 5.02 Å². The maximum absolute atomic E-state index is 12.9. The number of halogens is 3. The van der Waals surface area contributed by atoms with Gasteiger partial charge >= 0.3 is 12.6 Å². The van der Waals surface area contributed by atoms with Crippen molar-refractivity contribution in [3.63, 3.8) is 0 Å². The Kier molecular flexibility index (Phi) is 5.42. The van der Waals surface area contributed by atoms with E-state index in [4.69, 9.17) is 16.3 Å². The molecule has 1 aliphatic rings. The van der Waals surface area contributed by atoms with Crippen molar-refractivity contribution in [2.75, 3.05) is 7.11 Å². The summed E-state index contributed by atoms with van der Waals surface area (Å²) in [6, 6.07) is 10.3. The van der Waals surface area contributed by atoms with Gasteiger partial charge in [0.05, 0.1) is 13.7 Å². The SMILES string of the molecule is COc1cc(CN2C(=O)N[C@](C)(c3ccc(Cl)cc3)C2=O)ccc1OC(F)F. The Hall–Kier alpha value is -2.87. The Morgan fingerprint density at radius 3 is 2.43 bits per heavy atom. The van der Waals surface area contributed by atoms with Crippen LogP contribution in [-0.4, -0.2) is 30.6 Å². The summed E-state index contributed by atoms with van der Waals surface area (Å²) in [5.74, 6) is -0.499. The quantitative estimate of drug-likeness (QED) is 0.733. The second kappa shape index (κ2) is 7.63. The molecule has 1 atom stereocenters. The van der Waals surface area contributed by atoms with Crippen LogP contribution in [0.3, 0.4) is 0 Å². The lowest BCUT2D eigenvalue weighted by Crippen LogP contribution is -2.40. The van der Waals surface area contributed by atoms with Gasteiger partial charge in [-0.3, -0.25) is 9.69 Å². The number of imide groups is 1. The van der Waals surface area contributed by atoms with Gasteiger partial charge in [0.1, 0.15) is 5.54 Å². The third-order valence-electron chi connectivity index (χ3n) is 4.48. The largest absolute Gasteiger partial charge is 0.493 e. The molecule has 0 radical (unpaired) electrons. The van der Waals surface area contributed by atoms with Crippen molar-refractivity contribution in [1.82, 2.24) is 10.2 Å². The van der Waals surface area contributed by atoms with Gasteiger partial charge in [0.15, 0.2) is 11.5 Å². The zero-order valence-corrected chi connectivity index (χ0v) is 15.8. The number of urea groups is 1. The minimum absolute atomic E-state index is 0.0564. The fourth-order valence-electron chi connectivity index (χ4n) is 3.01. The van der Waals surface area contributed by atoms with E-state index in [9.17, 15) is 18.4 Å². The summed E-state index contributed by atoms with van der Waals surface area (Å²) in [4.78, 5) is 26.4. The molecule has 6 nitrogen and oxygen atoms in total. The molecule has 2 aromatic rings. The Morgan fingerprint density at radius 2 is 1.82 bits per heavy atom. The number of benzene rings is 2. The Labute approximate surface area is 165 Å². The van der Waals surface area contributed by atoms with Crippen LogP contribution in [-0.2, 0) is 16.9 Å². The average molecular weight is 411 g/mol. The lowest BCUT2D eigenvalue weighted by atomic mass is 9.92. The molecule has 0 saturated carbocycles. The van der Waals surface area contributed by atoms with Crippen LogP contribution < -0.4 is 14.8 Å². The first kappa shape index (κ1) is 19.9. The van der Waals surface area contributed by atoms with Gasteiger partial charge in [0.25, 0.3) is 5.91 Å². The summed E-state index contributed by atoms with van der Waals surface area (Å²) in [6.45, 7) is -1.44. The third-order valence-corrected chi connectivity index (χ3v) is 4.73. The second-order valence-corrected chi connectivity index (χ2v) is 6.75. The van der Waals surface area contributed by atoms with Gasteiger partial charge in [-0.25, -0.2) is 4.79 Å². The molecule has 3 amide bonds. The third kappa shape index (κ3) is 3.73. The zero-order valence-electron chi connectivity index (χ0n) is 15.0. The molecule has 0 aromatic heterocycles. The highest BCUT2D eigenvalue weighted by molar-refractivity contribution is 6.30. The maximum Gasteiger partial charge on any atom is 0.387 e. The van der Waals surface area contributed by atoms with Crippen LogP contribution in [0.2, 0.25) is 5.02 Å². The minimum atomic E-state index is -2.99. The van der Waals surface area contributed by atoms with E-state index in [0.29, 0.717) is 16.1 Å². The van der Waals surface area contributed by atoms with Crippen molar-refractivity contribution in [3.05, 3.63) is 58.6 Å². The van der Waals surface area contributed by atoms with Gasteiger partial charge in [-0.2, -0.15) is 8.78 Å². The Balaban J connectivity index is 1.84. The number of ether oxygens (including phenoxy) is 2. The first-order chi connectivity index (χ1) is 13.2. The van der Waals surface area contributed by atoms with Crippen molar-refractivity contribution in [2.24, 2.45) is 0 Å². The summed E-state index contributed by atoms with van der Waals surface area (Å²) in [6.07, 6.45) is 0. The molecule has 1 N–H and O–H groups in total. The molecule has 1 heterocycles. The molecule has 1 fully saturated rings. The number of hydrogen-bond acceptors (Lipinski definition) is 4. The lowest BCUT2D eigenvalue weighted by Gasteiger charge is -2.22. The number of methoxy groups -OCH3 is 1. The Bertz CT molecular complexity index is 907. The summed E-state index contributed by atoms with van der Waals surface area (Å²) in [5, 5.41) is 3.20. The summed E-state index contributed by atoms with van der Waals surface area (Å²) < 4.78 is 34.3. The summed E-state index contributed by atoms with van der Waals surface area (Å²) in [5.41, 5.74) is -0.122. The van der Waals surface area contributed by atoms with E-state index in [0.717, 1.165) is 4.90 Å². The topological polar surface area (TPSA) is 67.9 Å². The number of carbonyl (C=O) groups excluding carboxylic acids is 2. The summed E-state index contributed by atoms with van der Waals surface area (Å²) >= 11 is 5.89. The number of carbonyl (C=O) groups is 2. The Morgan fingerprint density at radius 1 is 1.14 bits per heavy atom. The van der Waals surface area contributed by atoms with Gasteiger partial charge in [-0.05, 0) is 42.3 Å². The smallest absolute Gasteiger partial charge is 0.387 e. The van der Waals surface area contributed by atoms with Crippen LogP contribution >= 0.6 is 11.6 Å². The second-order valence-electron chi connectivity index (χ2n) is 6.32. The first-order valence-electron chi connectivity index (χ1n) is 8.26. The maximum atomic E-state index is 12.9. The monoisotopic (exact) mass is 410 g/mol. The van der Waals surface area contributed by atoms with Crippen LogP contribution in [0.4, 0.5) is 13.6 Å². The first-order valence-corrected chi connectivity index (χ1v) is 8.64. The fraction of sp³-hybridized carbons (Fsp3) is 0.263. The predicted molar refractivity (Wildman–Crippen MR) is 97.5 cm³/mol.